The Labute approximate surface area is 86.6 Å². The van der Waals surface area contributed by atoms with E-state index >= 15 is 0 Å². The van der Waals surface area contributed by atoms with E-state index in [1.807, 2.05) is 6.07 Å². The fourth-order valence-corrected chi connectivity index (χ4v) is 1.07. The largest absolute Gasteiger partial charge is 0.398 e. The van der Waals surface area contributed by atoms with Gasteiger partial charge in [-0.2, -0.15) is 5.26 Å². The Morgan fingerprint density at radius 1 is 1.60 bits per heavy atom. The molecule has 0 atom stereocenters. The van der Waals surface area contributed by atoms with E-state index in [0.717, 1.165) is 0 Å². The van der Waals surface area contributed by atoms with Crippen molar-refractivity contribution in [2.24, 2.45) is 0 Å². The van der Waals surface area contributed by atoms with Crippen LogP contribution in [0.1, 0.15) is 12.0 Å². The number of benzene rings is 1. The molecule has 0 bridgehead atoms. The molecule has 0 unspecified atom stereocenters. The van der Waals surface area contributed by atoms with Gasteiger partial charge in [0.2, 0.25) is 0 Å². The van der Waals surface area contributed by atoms with Crippen molar-refractivity contribution in [2.75, 3.05) is 5.73 Å². The lowest BCUT2D eigenvalue weighted by atomic mass is 10.1. The van der Waals surface area contributed by atoms with Gasteiger partial charge in [-0.15, -0.1) is 0 Å². The van der Waals surface area contributed by atoms with Crippen LogP contribution < -0.4 is 5.73 Å². The summed E-state index contributed by atoms with van der Waals surface area (Å²) < 4.78 is 0. The van der Waals surface area contributed by atoms with Crippen LogP contribution in [0.5, 0.6) is 0 Å². The summed E-state index contributed by atoms with van der Waals surface area (Å²) >= 11 is 0. The van der Waals surface area contributed by atoms with Crippen LogP contribution in [0.2, 0.25) is 0 Å². The molecule has 0 aliphatic heterocycles. The summed E-state index contributed by atoms with van der Waals surface area (Å²) in [5.41, 5.74) is 6.57. The molecule has 0 heterocycles. The van der Waals surface area contributed by atoms with Gasteiger partial charge in [0.05, 0.1) is 17.4 Å². The van der Waals surface area contributed by atoms with Crippen LogP contribution in [0, 0.1) is 21.4 Å². The van der Waals surface area contributed by atoms with Crippen LogP contribution >= 0.6 is 0 Å². The monoisotopic (exact) mass is 203 g/mol. The van der Waals surface area contributed by atoms with Gasteiger partial charge in [-0.05, 0) is 11.6 Å². The quantitative estimate of drug-likeness (QED) is 0.462. The first-order valence-corrected chi connectivity index (χ1v) is 4.22. The first kappa shape index (κ1) is 10.7. The highest BCUT2D eigenvalue weighted by atomic mass is 16.6. The highest BCUT2D eigenvalue weighted by molar-refractivity contribution is 5.67. The van der Waals surface area contributed by atoms with E-state index in [-0.39, 0.29) is 12.1 Å². The molecule has 0 radical (unpaired) electrons. The molecule has 0 fully saturated rings. The maximum absolute atomic E-state index is 10.4. The van der Waals surface area contributed by atoms with E-state index in [2.05, 4.69) is 0 Å². The fraction of sp³-hybridized carbons (Fsp3) is 0.100. The highest BCUT2D eigenvalue weighted by Gasteiger charge is 2.06. The van der Waals surface area contributed by atoms with Crippen molar-refractivity contribution < 1.29 is 4.92 Å². The molecular formula is C10H9N3O2. The van der Waals surface area contributed by atoms with Crippen LogP contribution in [0.4, 0.5) is 11.4 Å². The van der Waals surface area contributed by atoms with E-state index in [1.54, 1.807) is 18.2 Å². The fourth-order valence-electron chi connectivity index (χ4n) is 1.07. The molecule has 0 aliphatic carbocycles. The molecule has 0 amide bonds. The topological polar surface area (TPSA) is 92.9 Å². The maximum atomic E-state index is 10.4. The standard InChI is InChI=1S/C10H9N3O2/c11-6-2-1-3-8-4-5-9(13(14)15)7-10(8)12/h1,3-5,7H,2,12H2. The second-order valence-electron chi connectivity index (χ2n) is 2.83. The molecule has 0 spiro atoms. The Kier molecular flexibility index (Phi) is 3.41. The van der Waals surface area contributed by atoms with Gasteiger partial charge in [-0.25, -0.2) is 0 Å². The van der Waals surface area contributed by atoms with Crippen molar-refractivity contribution in [1.29, 1.82) is 5.26 Å². The molecule has 5 heteroatoms. The zero-order chi connectivity index (χ0) is 11.3. The first-order valence-electron chi connectivity index (χ1n) is 4.22. The Morgan fingerprint density at radius 2 is 2.33 bits per heavy atom. The molecule has 2 N–H and O–H groups in total. The van der Waals surface area contributed by atoms with Crippen molar-refractivity contribution in [2.45, 2.75) is 6.42 Å². The molecule has 1 aromatic rings. The molecule has 0 saturated heterocycles. The number of anilines is 1. The number of nitrogens with two attached hydrogens (primary N) is 1. The van der Waals surface area contributed by atoms with Gasteiger partial charge in [0.1, 0.15) is 0 Å². The summed E-state index contributed by atoms with van der Waals surface area (Å²) in [6, 6.07) is 6.18. The smallest absolute Gasteiger partial charge is 0.271 e. The van der Waals surface area contributed by atoms with Crippen LogP contribution in [0.15, 0.2) is 24.3 Å². The summed E-state index contributed by atoms with van der Waals surface area (Å²) in [7, 11) is 0. The van der Waals surface area contributed by atoms with Gasteiger partial charge in [-0.3, -0.25) is 10.1 Å². The van der Waals surface area contributed by atoms with Gasteiger partial charge in [0, 0.05) is 17.8 Å². The van der Waals surface area contributed by atoms with Crippen molar-refractivity contribution in [3.8, 4) is 6.07 Å². The van der Waals surface area contributed by atoms with Crippen molar-refractivity contribution in [3.63, 3.8) is 0 Å². The predicted octanol–water partition coefficient (Wildman–Crippen LogP) is 2.10. The van der Waals surface area contributed by atoms with Crippen molar-refractivity contribution in [1.82, 2.24) is 0 Å². The minimum absolute atomic E-state index is 0.0371. The van der Waals surface area contributed by atoms with E-state index in [1.165, 1.54) is 12.1 Å². The minimum atomic E-state index is -0.501. The van der Waals surface area contributed by atoms with Gasteiger partial charge in [0.25, 0.3) is 5.69 Å². The third-order valence-corrected chi connectivity index (χ3v) is 1.79. The van der Waals surface area contributed by atoms with Crippen molar-refractivity contribution in [3.05, 3.63) is 40.0 Å². The third-order valence-electron chi connectivity index (χ3n) is 1.79. The predicted molar refractivity (Wildman–Crippen MR) is 56.8 cm³/mol. The van der Waals surface area contributed by atoms with Gasteiger partial charge < -0.3 is 5.73 Å². The summed E-state index contributed by atoms with van der Waals surface area (Å²) in [5.74, 6) is 0. The number of hydrogen-bond acceptors (Lipinski definition) is 4. The summed E-state index contributed by atoms with van der Waals surface area (Å²) in [5, 5.41) is 18.7. The summed E-state index contributed by atoms with van der Waals surface area (Å²) in [6.45, 7) is 0. The second-order valence-corrected chi connectivity index (χ2v) is 2.83. The van der Waals surface area contributed by atoms with E-state index in [9.17, 15) is 10.1 Å². The normalized spacial score (nSPS) is 10.1. The Morgan fingerprint density at radius 3 is 2.87 bits per heavy atom. The molecule has 5 nitrogen and oxygen atoms in total. The minimum Gasteiger partial charge on any atom is -0.398 e. The third kappa shape index (κ3) is 2.81. The molecule has 76 valence electrons. The molecule has 15 heavy (non-hydrogen) atoms. The molecule has 1 rings (SSSR count). The highest BCUT2D eigenvalue weighted by Crippen LogP contribution is 2.20. The molecule has 0 aliphatic rings. The lowest BCUT2D eigenvalue weighted by molar-refractivity contribution is -0.384. The number of nitro benzene ring substituents is 1. The first-order chi connectivity index (χ1) is 7.15. The average molecular weight is 203 g/mol. The van der Waals surface area contributed by atoms with E-state index < -0.39 is 4.92 Å². The van der Waals surface area contributed by atoms with Gasteiger partial charge >= 0.3 is 0 Å². The molecule has 0 saturated carbocycles. The van der Waals surface area contributed by atoms with E-state index in [4.69, 9.17) is 11.0 Å². The SMILES string of the molecule is N#CCC=Cc1ccc([N+](=O)[O-])cc1N. The van der Waals surface area contributed by atoms with Crippen LogP contribution in [0.25, 0.3) is 6.08 Å². The number of non-ortho nitro benzene ring substituents is 1. The summed E-state index contributed by atoms with van der Waals surface area (Å²) in [4.78, 5) is 9.91. The lowest BCUT2D eigenvalue weighted by Gasteiger charge is -1.99. The zero-order valence-corrected chi connectivity index (χ0v) is 7.88. The Bertz CT molecular complexity index is 446. The van der Waals surface area contributed by atoms with Crippen LogP contribution in [-0.4, -0.2) is 4.92 Å². The molecular weight excluding hydrogens is 194 g/mol. The number of allylic oxidation sites excluding steroid dienone is 1. The number of nitrogens with zero attached hydrogens (tertiary/aromatic N) is 2. The number of hydrogen-bond donors (Lipinski definition) is 1. The average Bonchev–Trinajstić information content (AvgIpc) is 2.20. The number of nitrogen functional groups attached to an aromatic ring is 1. The Balaban J connectivity index is 2.94. The molecule has 1 aromatic carbocycles. The lowest BCUT2D eigenvalue weighted by Crippen LogP contribution is -1.93. The van der Waals surface area contributed by atoms with Gasteiger partial charge in [0.15, 0.2) is 0 Å². The Hall–Kier alpha value is -2.35. The number of nitriles is 1. The van der Waals surface area contributed by atoms with Crippen LogP contribution in [0.3, 0.4) is 0 Å². The second kappa shape index (κ2) is 4.77. The van der Waals surface area contributed by atoms with Gasteiger partial charge in [-0.1, -0.05) is 12.2 Å². The number of rotatable bonds is 3. The van der Waals surface area contributed by atoms with E-state index in [0.29, 0.717) is 11.3 Å². The molecule has 0 aromatic heterocycles. The zero-order valence-electron chi connectivity index (χ0n) is 7.88. The summed E-state index contributed by atoms with van der Waals surface area (Å²) in [6.07, 6.45) is 3.61. The maximum Gasteiger partial charge on any atom is 0.271 e. The van der Waals surface area contributed by atoms with Crippen molar-refractivity contribution >= 4 is 17.5 Å². The van der Waals surface area contributed by atoms with Crippen LogP contribution in [-0.2, 0) is 0 Å². The number of nitro groups is 1.